The first-order valence-corrected chi connectivity index (χ1v) is 10.6. The second-order valence-corrected chi connectivity index (χ2v) is 8.06. The molecule has 2 amide bonds. The Hall–Kier alpha value is -2.94. The van der Waals surface area contributed by atoms with Crippen molar-refractivity contribution in [1.82, 2.24) is 5.43 Å². The Morgan fingerprint density at radius 2 is 1.72 bits per heavy atom. The lowest BCUT2D eigenvalue weighted by Gasteiger charge is -2.12. The van der Waals surface area contributed by atoms with Crippen molar-refractivity contribution in [1.29, 1.82) is 0 Å². The van der Waals surface area contributed by atoms with E-state index in [9.17, 15) is 14.0 Å². The van der Waals surface area contributed by atoms with E-state index in [1.807, 2.05) is 0 Å². The summed E-state index contributed by atoms with van der Waals surface area (Å²) in [6.45, 7) is 0.118. The molecule has 3 aromatic rings. The fraction of sp³-hybridized carbons (Fsp3) is 0.0455. The van der Waals surface area contributed by atoms with E-state index in [1.165, 1.54) is 18.3 Å². The summed E-state index contributed by atoms with van der Waals surface area (Å²) in [7, 11) is 0. The summed E-state index contributed by atoms with van der Waals surface area (Å²) in [5.74, 6) is -1.95. The summed E-state index contributed by atoms with van der Waals surface area (Å²) < 4.78 is 19.5. The van der Waals surface area contributed by atoms with E-state index in [1.54, 1.807) is 36.4 Å². The molecule has 3 aromatic carbocycles. The van der Waals surface area contributed by atoms with Crippen molar-refractivity contribution in [2.45, 2.75) is 6.61 Å². The van der Waals surface area contributed by atoms with Crippen molar-refractivity contribution in [3.8, 4) is 5.75 Å². The molecule has 0 aromatic heterocycles. The number of hydrazone groups is 1. The van der Waals surface area contributed by atoms with Gasteiger partial charge in [0.1, 0.15) is 18.2 Å². The first-order valence-electron chi connectivity index (χ1n) is 9.08. The summed E-state index contributed by atoms with van der Waals surface area (Å²) in [6.07, 6.45) is 1.33. The molecule has 32 heavy (non-hydrogen) atoms. The van der Waals surface area contributed by atoms with E-state index in [4.69, 9.17) is 27.9 Å². The van der Waals surface area contributed by atoms with Gasteiger partial charge in [-0.05, 0) is 54.6 Å². The number of halogens is 4. The van der Waals surface area contributed by atoms with Gasteiger partial charge in [-0.1, -0.05) is 45.2 Å². The molecule has 0 fully saturated rings. The van der Waals surface area contributed by atoms with Gasteiger partial charge in [-0.15, -0.1) is 0 Å². The van der Waals surface area contributed by atoms with Crippen LogP contribution >= 0.6 is 39.1 Å². The SMILES string of the molecule is O=C(N/N=C\c1cc(Br)ccc1OCc1c(Cl)cccc1Cl)C(=O)Nc1ccc(F)cc1. The molecular formula is C22H15BrCl2FN3O3. The lowest BCUT2D eigenvalue weighted by atomic mass is 10.2. The Morgan fingerprint density at radius 1 is 1.03 bits per heavy atom. The third kappa shape index (κ3) is 6.53. The van der Waals surface area contributed by atoms with Gasteiger partial charge in [-0.25, -0.2) is 9.82 Å². The highest BCUT2D eigenvalue weighted by molar-refractivity contribution is 9.10. The molecule has 0 heterocycles. The molecule has 164 valence electrons. The molecule has 0 bridgehead atoms. The summed E-state index contributed by atoms with van der Waals surface area (Å²) in [4.78, 5) is 23.9. The van der Waals surface area contributed by atoms with Crippen molar-refractivity contribution >= 4 is 62.8 Å². The molecule has 3 rings (SSSR count). The van der Waals surface area contributed by atoms with Crippen LogP contribution in [0.3, 0.4) is 0 Å². The minimum absolute atomic E-state index is 0.118. The predicted molar refractivity (Wildman–Crippen MR) is 126 cm³/mol. The highest BCUT2D eigenvalue weighted by Crippen LogP contribution is 2.28. The number of hydrogen-bond acceptors (Lipinski definition) is 4. The molecule has 0 radical (unpaired) electrons. The number of nitrogens with zero attached hydrogens (tertiary/aromatic N) is 1. The number of ether oxygens (including phenoxy) is 1. The van der Waals surface area contributed by atoms with Crippen LogP contribution in [0.5, 0.6) is 5.75 Å². The van der Waals surface area contributed by atoms with Gasteiger partial charge in [-0.2, -0.15) is 5.10 Å². The van der Waals surface area contributed by atoms with Crippen molar-refractivity contribution in [2.24, 2.45) is 5.10 Å². The van der Waals surface area contributed by atoms with Crippen molar-refractivity contribution < 1.29 is 18.7 Å². The minimum atomic E-state index is -0.995. The summed E-state index contributed by atoms with van der Waals surface area (Å²) in [5.41, 5.74) is 3.57. The van der Waals surface area contributed by atoms with Crippen molar-refractivity contribution in [3.63, 3.8) is 0 Å². The molecular weight excluding hydrogens is 524 g/mol. The number of carbonyl (C=O) groups is 2. The number of hydrogen-bond donors (Lipinski definition) is 2. The molecule has 6 nitrogen and oxygen atoms in total. The molecule has 0 aliphatic rings. The molecule has 10 heteroatoms. The van der Waals surface area contributed by atoms with E-state index in [0.29, 0.717) is 26.9 Å². The van der Waals surface area contributed by atoms with Crippen LogP contribution in [0.15, 0.2) is 70.2 Å². The number of anilines is 1. The normalized spacial score (nSPS) is 10.8. The number of carbonyl (C=O) groups excluding carboxylic acids is 2. The Balaban J connectivity index is 1.64. The van der Waals surface area contributed by atoms with Crippen LogP contribution in [-0.4, -0.2) is 18.0 Å². The zero-order valence-corrected chi connectivity index (χ0v) is 19.3. The smallest absolute Gasteiger partial charge is 0.329 e. The van der Waals surface area contributed by atoms with Crippen molar-refractivity contribution in [2.75, 3.05) is 5.32 Å². The van der Waals surface area contributed by atoms with Crippen LogP contribution in [0.4, 0.5) is 10.1 Å². The quantitative estimate of drug-likeness (QED) is 0.245. The Bertz CT molecular complexity index is 1150. The van der Waals surface area contributed by atoms with E-state index in [0.717, 1.165) is 16.6 Å². The molecule has 2 N–H and O–H groups in total. The average Bonchev–Trinajstić information content (AvgIpc) is 2.76. The maximum atomic E-state index is 12.9. The van der Waals surface area contributed by atoms with E-state index in [2.05, 4.69) is 31.8 Å². The van der Waals surface area contributed by atoms with Crippen LogP contribution in [0.2, 0.25) is 10.0 Å². The van der Waals surface area contributed by atoms with E-state index in [-0.39, 0.29) is 12.3 Å². The number of rotatable bonds is 6. The van der Waals surface area contributed by atoms with E-state index < -0.39 is 17.6 Å². The summed E-state index contributed by atoms with van der Waals surface area (Å²) in [6, 6.07) is 15.4. The Morgan fingerprint density at radius 3 is 2.41 bits per heavy atom. The zero-order chi connectivity index (χ0) is 23.1. The highest BCUT2D eigenvalue weighted by Gasteiger charge is 2.13. The molecule has 0 saturated carbocycles. The maximum absolute atomic E-state index is 12.9. The Kier molecular flexibility index (Phi) is 8.21. The topological polar surface area (TPSA) is 79.8 Å². The van der Waals surface area contributed by atoms with Crippen molar-refractivity contribution in [3.05, 3.63) is 92.1 Å². The fourth-order valence-electron chi connectivity index (χ4n) is 2.50. The van der Waals surface area contributed by atoms with Gasteiger partial charge in [0, 0.05) is 31.3 Å². The van der Waals surface area contributed by atoms with E-state index >= 15 is 0 Å². The summed E-state index contributed by atoms with van der Waals surface area (Å²) >= 11 is 15.7. The molecule has 0 spiro atoms. The largest absolute Gasteiger partial charge is 0.488 e. The Labute approximate surface area is 201 Å². The van der Waals surface area contributed by atoms with Gasteiger partial charge in [0.2, 0.25) is 0 Å². The first-order chi connectivity index (χ1) is 15.3. The highest BCUT2D eigenvalue weighted by atomic mass is 79.9. The third-order valence-electron chi connectivity index (χ3n) is 4.08. The molecule has 0 saturated heterocycles. The monoisotopic (exact) mass is 537 g/mol. The molecule has 0 aliphatic carbocycles. The second kappa shape index (κ2) is 11.1. The van der Waals surface area contributed by atoms with Gasteiger partial charge in [-0.3, -0.25) is 9.59 Å². The van der Waals surface area contributed by atoms with Gasteiger partial charge < -0.3 is 10.1 Å². The van der Waals surface area contributed by atoms with Crippen LogP contribution in [-0.2, 0) is 16.2 Å². The molecule has 0 aliphatic heterocycles. The fourth-order valence-corrected chi connectivity index (χ4v) is 3.39. The van der Waals surface area contributed by atoms with Gasteiger partial charge in [0.15, 0.2) is 0 Å². The standard InChI is InChI=1S/C22H15BrCl2FN3O3/c23-14-4-9-20(32-12-17-18(24)2-1-3-19(17)25)13(10-14)11-27-29-22(31)21(30)28-16-7-5-15(26)6-8-16/h1-11H,12H2,(H,28,30)(H,29,31)/b27-11-. The van der Waals surface area contributed by atoms with Gasteiger partial charge in [0.25, 0.3) is 0 Å². The van der Waals surface area contributed by atoms with Gasteiger partial charge >= 0.3 is 11.8 Å². The van der Waals surface area contributed by atoms with Crippen LogP contribution in [0.25, 0.3) is 0 Å². The number of benzene rings is 3. The lowest BCUT2D eigenvalue weighted by molar-refractivity contribution is -0.136. The second-order valence-electron chi connectivity index (χ2n) is 6.33. The minimum Gasteiger partial charge on any atom is -0.488 e. The number of nitrogens with one attached hydrogen (secondary N) is 2. The summed E-state index contributed by atoms with van der Waals surface area (Å²) in [5, 5.41) is 7.10. The number of amides is 2. The molecule has 0 unspecified atom stereocenters. The predicted octanol–water partition coefficient (Wildman–Crippen LogP) is 5.56. The van der Waals surface area contributed by atoms with Crippen LogP contribution in [0, 0.1) is 5.82 Å². The lowest BCUT2D eigenvalue weighted by Crippen LogP contribution is -2.32. The zero-order valence-electron chi connectivity index (χ0n) is 16.2. The van der Waals surface area contributed by atoms with Gasteiger partial charge in [0.05, 0.1) is 6.21 Å². The molecule has 0 atom stereocenters. The first kappa shape index (κ1) is 23.7. The maximum Gasteiger partial charge on any atom is 0.329 e. The average molecular weight is 539 g/mol. The van der Waals surface area contributed by atoms with Crippen LogP contribution in [0.1, 0.15) is 11.1 Å². The van der Waals surface area contributed by atoms with Crippen LogP contribution < -0.4 is 15.5 Å². The third-order valence-corrected chi connectivity index (χ3v) is 5.29.